The van der Waals surface area contributed by atoms with Gasteiger partial charge in [-0.15, -0.1) is 0 Å². The summed E-state index contributed by atoms with van der Waals surface area (Å²) in [4.78, 5) is 0. The average Bonchev–Trinajstić information content (AvgIpc) is 2.96. The Bertz CT molecular complexity index is 784. The summed E-state index contributed by atoms with van der Waals surface area (Å²) in [6, 6.07) is 16.2. The first-order valence-electron chi connectivity index (χ1n) is 7.43. The third-order valence-electron chi connectivity index (χ3n) is 3.33. The Balaban J connectivity index is 1.77. The van der Waals surface area contributed by atoms with Gasteiger partial charge >= 0.3 is 0 Å². The number of hydrogen-bond donors (Lipinski definition) is 0. The van der Waals surface area contributed by atoms with E-state index in [-0.39, 0.29) is 0 Å². The number of rotatable bonds is 6. The van der Waals surface area contributed by atoms with Crippen LogP contribution in [0.2, 0.25) is 13.1 Å². The maximum absolute atomic E-state index is 5.91. The van der Waals surface area contributed by atoms with Gasteiger partial charge < -0.3 is 13.6 Å². The maximum atomic E-state index is 5.91. The third-order valence-corrected chi connectivity index (χ3v) is 4.86. The van der Waals surface area contributed by atoms with Gasteiger partial charge in [0.15, 0.2) is 0 Å². The van der Waals surface area contributed by atoms with Crippen LogP contribution in [0, 0.1) is 3.57 Å². The van der Waals surface area contributed by atoms with Crippen LogP contribution in [0.3, 0.4) is 0 Å². The second kappa shape index (κ2) is 7.50. The van der Waals surface area contributed by atoms with Crippen molar-refractivity contribution in [1.29, 1.82) is 0 Å². The number of para-hydroxylation sites is 1. The van der Waals surface area contributed by atoms with Crippen LogP contribution in [0.25, 0.3) is 11.0 Å². The molecule has 1 heterocycles. The van der Waals surface area contributed by atoms with E-state index in [0.717, 1.165) is 31.6 Å². The van der Waals surface area contributed by atoms with Gasteiger partial charge in [-0.2, -0.15) is 0 Å². The lowest BCUT2D eigenvalue weighted by molar-refractivity contribution is 0.280. The fraction of sp³-hybridized carbons (Fsp3) is 0.222. The molecule has 0 unspecified atom stereocenters. The number of furan rings is 1. The van der Waals surface area contributed by atoms with Crippen molar-refractivity contribution in [2.24, 2.45) is 0 Å². The van der Waals surface area contributed by atoms with Gasteiger partial charge in [-0.25, -0.2) is 0 Å². The van der Waals surface area contributed by atoms with Gasteiger partial charge in [0.1, 0.15) is 23.7 Å². The Labute approximate surface area is 151 Å². The highest BCUT2D eigenvalue weighted by molar-refractivity contribution is 14.1. The lowest BCUT2D eigenvalue weighted by atomic mass is 10.1. The van der Waals surface area contributed by atoms with E-state index in [2.05, 4.69) is 53.9 Å². The quantitative estimate of drug-likeness (QED) is 0.383. The standard InChI is InChI=1S/C18H18IO3Si/c1-23(2)21-12-16-10-14-8-13(9-17(19)18(14)22-16)11-20-15-6-4-3-5-7-15/h3-10H,11-12H2,1-2H3. The number of fused-ring (bicyclic) bond motifs is 1. The predicted molar refractivity (Wildman–Crippen MR) is 102 cm³/mol. The molecular weight excluding hydrogens is 419 g/mol. The van der Waals surface area contributed by atoms with E-state index in [0.29, 0.717) is 13.2 Å². The van der Waals surface area contributed by atoms with Gasteiger partial charge in [0, 0.05) is 5.39 Å². The molecule has 5 heteroatoms. The highest BCUT2D eigenvalue weighted by atomic mass is 127. The number of ether oxygens (including phenoxy) is 1. The largest absolute Gasteiger partial charge is 0.489 e. The lowest BCUT2D eigenvalue weighted by Crippen LogP contribution is -2.06. The Hall–Kier alpha value is -1.31. The molecule has 0 fully saturated rings. The highest BCUT2D eigenvalue weighted by Gasteiger charge is 2.10. The minimum absolute atomic E-state index is 0.544. The number of halogens is 1. The van der Waals surface area contributed by atoms with Gasteiger partial charge in [-0.05, 0) is 71.6 Å². The van der Waals surface area contributed by atoms with Crippen LogP contribution in [0.15, 0.2) is 52.9 Å². The molecule has 23 heavy (non-hydrogen) atoms. The molecule has 0 aliphatic heterocycles. The molecule has 2 aromatic carbocycles. The normalized spacial score (nSPS) is 11.3. The van der Waals surface area contributed by atoms with Gasteiger partial charge in [0.2, 0.25) is 9.04 Å². The molecule has 3 nitrogen and oxygen atoms in total. The summed E-state index contributed by atoms with van der Waals surface area (Å²) in [7, 11) is -0.708. The fourth-order valence-corrected chi connectivity index (χ4v) is 3.53. The van der Waals surface area contributed by atoms with Gasteiger partial charge in [0.25, 0.3) is 0 Å². The van der Waals surface area contributed by atoms with Crippen LogP contribution in [0.1, 0.15) is 11.3 Å². The molecule has 0 atom stereocenters. The minimum Gasteiger partial charge on any atom is -0.489 e. The maximum Gasteiger partial charge on any atom is 0.205 e. The topological polar surface area (TPSA) is 31.6 Å². The van der Waals surface area contributed by atoms with Crippen molar-refractivity contribution in [2.45, 2.75) is 26.3 Å². The zero-order valence-corrected chi connectivity index (χ0v) is 16.3. The fourth-order valence-electron chi connectivity index (χ4n) is 2.28. The molecule has 0 N–H and O–H groups in total. The van der Waals surface area contributed by atoms with E-state index in [1.165, 1.54) is 0 Å². The zero-order valence-electron chi connectivity index (χ0n) is 13.1. The Morgan fingerprint density at radius 2 is 1.83 bits per heavy atom. The van der Waals surface area contributed by atoms with E-state index in [1.807, 2.05) is 30.3 Å². The molecule has 3 rings (SSSR count). The summed E-state index contributed by atoms with van der Waals surface area (Å²) in [5, 5.41) is 1.10. The molecule has 0 saturated carbocycles. The van der Waals surface area contributed by atoms with Crippen molar-refractivity contribution in [3.63, 3.8) is 0 Å². The Kier molecular flexibility index (Phi) is 5.40. The van der Waals surface area contributed by atoms with Crippen LogP contribution in [0.4, 0.5) is 0 Å². The van der Waals surface area contributed by atoms with E-state index in [4.69, 9.17) is 13.6 Å². The van der Waals surface area contributed by atoms with Crippen molar-refractivity contribution < 1.29 is 13.6 Å². The molecule has 0 bridgehead atoms. The smallest absolute Gasteiger partial charge is 0.205 e. The van der Waals surface area contributed by atoms with E-state index < -0.39 is 9.04 Å². The molecule has 0 aliphatic rings. The summed E-state index contributed by atoms with van der Waals surface area (Å²) in [6.45, 7) is 5.33. The summed E-state index contributed by atoms with van der Waals surface area (Å²) in [5.41, 5.74) is 2.06. The van der Waals surface area contributed by atoms with Crippen molar-refractivity contribution in [2.75, 3.05) is 0 Å². The summed E-state index contributed by atoms with van der Waals surface area (Å²) in [5.74, 6) is 1.76. The third kappa shape index (κ3) is 4.36. The van der Waals surface area contributed by atoms with Crippen molar-refractivity contribution in [3.8, 4) is 5.75 Å². The lowest BCUT2D eigenvalue weighted by Gasteiger charge is -2.06. The summed E-state index contributed by atoms with van der Waals surface area (Å²) >= 11 is 2.31. The summed E-state index contributed by atoms with van der Waals surface area (Å²) in [6.07, 6.45) is 0. The summed E-state index contributed by atoms with van der Waals surface area (Å²) < 4.78 is 18.5. The minimum atomic E-state index is -0.708. The van der Waals surface area contributed by atoms with Crippen LogP contribution in [-0.4, -0.2) is 9.04 Å². The van der Waals surface area contributed by atoms with E-state index in [9.17, 15) is 0 Å². The van der Waals surface area contributed by atoms with Gasteiger partial charge in [-0.1, -0.05) is 18.2 Å². The van der Waals surface area contributed by atoms with Crippen LogP contribution >= 0.6 is 22.6 Å². The molecule has 1 radical (unpaired) electrons. The zero-order chi connectivity index (χ0) is 16.2. The molecule has 3 aromatic rings. The van der Waals surface area contributed by atoms with Crippen LogP contribution in [-0.2, 0) is 17.6 Å². The number of benzene rings is 2. The van der Waals surface area contributed by atoms with Crippen molar-refractivity contribution in [1.82, 2.24) is 0 Å². The SMILES string of the molecule is C[Si](C)OCc1cc2cc(COc3ccccc3)cc(I)c2o1. The molecule has 0 spiro atoms. The molecule has 0 amide bonds. The first kappa shape index (κ1) is 16.5. The van der Waals surface area contributed by atoms with Crippen molar-refractivity contribution in [3.05, 3.63) is 63.4 Å². The van der Waals surface area contributed by atoms with Gasteiger partial charge in [-0.3, -0.25) is 0 Å². The number of hydrogen-bond acceptors (Lipinski definition) is 3. The molecule has 0 saturated heterocycles. The first-order chi connectivity index (χ1) is 11.1. The van der Waals surface area contributed by atoms with Crippen LogP contribution < -0.4 is 4.74 Å². The second-order valence-electron chi connectivity index (χ2n) is 5.51. The molecule has 1 aromatic heterocycles. The van der Waals surface area contributed by atoms with Gasteiger partial charge in [0.05, 0.1) is 10.2 Å². The molecular formula is C18H18IO3Si. The predicted octanol–water partition coefficient (Wildman–Crippen LogP) is 5.38. The van der Waals surface area contributed by atoms with E-state index >= 15 is 0 Å². The highest BCUT2D eigenvalue weighted by Crippen LogP contribution is 2.27. The Morgan fingerprint density at radius 1 is 1.04 bits per heavy atom. The van der Waals surface area contributed by atoms with Crippen LogP contribution in [0.5, 0.6) is 5.75 Å². The second-order valence-corrected chi connectivity index (χ2v) is 8.77. The average molecular weight is 437 g/mol. The first-order valence-corrected chi connectivity index (χ1v) is 10.9. The van der Waals surface area contributed by atoms with E-state index in [1.54, 1.807) is 0 Å². The Morgan fingerprint density at radius 3 is 2.57 bits per heavy atom. The monoisotopic (exact) mass is 437 g/mol. The van der Waals surface area contributed by atoms with Crippen molar-refractivity contribution >= 4 is 42.6 Å². The molecule has 119 valence electrons. The molecule has 0 aliphatic carbocycles.